The highest BCUT2D eigenvalue weighted by molar-refractivity contribution is 6.02. The van der Waals surface area contributed by atoms with Gasteiger partial charge in [-0.25, -0.2) is 0 Å². The van der Waals surface area contributed by atoms with Gasteiger partial charge in [-0.15, -0.1) is 0 Å². The van der Waals surface area contributed by atoms with E-state index in [0.29, 0.717) is 0 Å². The number of carbonyl (C=O) groups excluding carboxylic acids is 1. The zero-order chi connectivity index (χ0) is 17.7. The number of rotatable bonds is 4. The van der Waals surface area contributed by atoms with Crippen LogP contribution >= 0.6 is 0 Å². The largest absolute Gasteiger partial charge is 0.416 e. The summed E-state index contributed by atoms with van der Waals surface area (Å²) in [4.78, 5) is 21.8. The molecule has 124 valence electrons. The van der Waals surface area contributed by atoms with Crippen molar-refractivity contribution in [3.63, 3.8) is 0 Å². The summed E-state index contributed by atoms with van der Waals surface area (Å²) in [5.41, 5.74) is -0.583. The van der Waals surface area contributed by atoms with Gasteiger partial charge in [-0.05, 0) is 29.8 Å². The molecule has 0 saturated heterocycles. The number of nitrogens with zero attached hydrogens (tertiary/aromatic N) is 1. The van der Waals surface area contributed by atoms with Crippen LogP contribution in [0.5, 0.6) is 0 Å². The van der Waals surface area contributed by atoms with Crippen molar-refractivity contribution in [3.8, 4) is 0 Å². The van der Waals surface area contributed by atoms with Crippen LogP contribution in [0.4, 0.5) is 24.5 Å². The summed E-state index contributed by atoms with van der Waals surface area (Å²) in [5.74, 6) is -0.618. The molecule has 2 rings (SSSR count). The summed E-state index contributed by atoms with van der Waals surface area (Å²) in [6.07, 6.45) is -2.19. The number of alkyl halides is 3. The molecule has 2 aromatic rings. The highest BCUT2D eigenvalue weighted by Gasteiger charge is 2.30. The van der Waals surface area contributed by atoms with Crippen molar-refractivity contribution in [1.82, 2.24) is 0 Å². The van der Waals surface area contributed by atoms with Crippen molar-refractivity contribution in [1.29, 1.82) is 0 Å². The number of non-ortho nitro benzene ring substituents is 1. The molecule has 0 bridgehead atoms. The van der Waals surface area contributed by atoms with Crippen molar-refractivity contribution >= 4 is 23.4 Å². The molecule has 0 aromatic heterocycles. The van der Waals surface area contributed by atoms with E-state index in [1.54, 1.807) is 0 Å². The summed E-state index contributed by atoms with van der Waals surface area (Å²) in [5, 5.41) is 13.0. The van der Waals surface area contributed by atoms with E-state index in [0.717, 1.165) is 18.2 Å². The molecule has 0 unspecified atom stereocenters. The molecule has 5 nitrogen and oxygen atoms in total. The van der Waals surface area contributed by atoms with Gasteiger partial charge in [-0.1, -0.05) is 18.2 Å². The molecule has 0 radical (unpaired) electrons. The Morgan fingerprint density at radius 2 is 1.83 bits per heavy atom. The third kappa shape index (κ3) is 4.67. The molecular formula is C16H11F3N2O3. The number of hydrogen-bond acceptors (Lipinski definition) is 3. The van der Waals surface area contributed by atoms with E-state index in [-0.39, 0.29) is 16.9 Å². The second-order valence-electron chi connectivity index (χ2n) is 4.75. The highest BCUT2D eigenvalue weighted by Crippen LogP contribution is 2.29. The number of nitro benzene ring substituents is 1. The Labute approximate surface area is 134 Å². The molecule has 24 heavy (non-hydrogen) atoms. The molecule has 1 amide bonds. The lowest BCUT2D eigenvalue weighted by Crippen LogP contribution is -2.08. The summed E-state index contributed by atoms with van der Waals surface area (Å²) in [6, 6.07) is 9.82. The van der Waals surface area contributed by atoms with E-state index < -0.39 is 22.6 Å². The highest BCUT2D eigenvalue weighted by atomic mass is 19.4. The van der Waals surface area contributed by atoms with E-state index in [4.69, 9.17) is 0 Å². The van der Waals surface area contributed by atoms with Crippen molar-refractivity contribution in [2.75, 3.05) is 5.32 Å². The fourth-order valence-electron chi connectivity index (χ4n) is 1.87. The predicted molar refractivity (Wildman–Crippen MR) is 82.2 cm³/mol. The lowest BCUT2D eigenvalue weighted by molar-refractivity contribution is -0.384. The number of hydrogen-bond donors (Lipinski definition) is 1. The lowest BCUT2D eigenvalue weighted by Gasteiger charge is -2.06. The Hall–Kier alpha value is -3.16. The lowest BCUT2D eigenvalue weighted by atomic mass is 10.1. The van der Waals surface area contributed by atoms with Crippen LogP contribution in [0.15, 0.2) is 54.6 Å². The van der Waals surface area contributed by atoms with Crippen LogP contribution < -0.4 is 5.32 Å². The number of carbonyl (C=O) groups is 1. The summed E-state index contributed by atoms with van der Waals surface area (Å²) >= 11 is 0. The van der Waals surface area contributed by atoms with E-state index in [9.17, 15) is 28.1 Å². The Morgan fingerprint density at radius 1 is 1.12 bits per heavy atom. The molecule has 0 spiro atoms. The maximum Gasteiger partial charge on any atom is 0.416 e. The van der Waals surface area contributed by atoms with Gasteiger partial charge in [-0.3, -0.25) is 14.9 Å². The molecule has 0 aliphatic rings. The first-order valence-corrected chi connectivity index (χ1v) is 6.66. The van der Waals surface area contributed by atoms with Crippen molar-refractivity contribution in [3.05, 3.63) is 75.8 Å². The molecule has 0 aliphatic heterocycles. The van der Waals surface area contributed by atoms with Crippen LogP contribution in [0.3, 0.4) is 0 Å². The number of amides is 1. The maximum absolute atomic E-state index is 12.6. The molecule has 0 saturated carbocycles. The van der Waals surface area contributed by atoms with E-state index >= 15 is 0 Å². The zero-order valence-corrected chi connectivity index (χ0v) is 12.1. The smallest absolute Gasteiger partial charge is 0.322 e. The fourth-order valence-corrected chi connectivity index (χ4v) is 1.87. The molecule has 8 heteroatoms. The van der Waals surface area contributed by atoms with Gasteiger partial charge in [0.2, 0.25) is 5.91 Å². The normalized spacial score (nSPS) is 11.5. The third-order valence-electron chi connectivity index (χ3n) is 2.97. The molecule has 0 heterocycles. The SMILES string of the molecule is O=C(/C=C/c1cccc(C(F)(F)F)c1)Nc1cccc([N+](=O)[O-])c1. The number of nitrogens with one attached hydrogen (secondary N) is 1. The second-order valence-corrected chi connectivity index (χ2v) is 4.75. The van der Waals surface area contributed by atoms with Gasteiger partial charge in [0.15, 0.2) is 0 Å². The van der Waals surface area contributed by atoms with Crippen molar-refractivity contribution < 1.29 is 22.9 Å². The van der Waals surface area contributed by atoms with Gasteiger partial charge in [-0.2, -0.15) is 13.2 Å². The van der Waals surface area contributed by atoms with Gasteiger partial charge >= 0.3 is 6.18 Å². The van der Waals surface area contributed by atoms with Crippen LogP contribution in [0, 0.1) is 10.1 Å². The summed E-state index contributed by atoms with van der Waals surface area (Å²) in [7, 11) is 0. The molecule has 2 aromatic carbocycles. The minimum atomic E-state index is -4.46. The van der Waals surface area contributed by atoms with Crippen LogP contribution in [-0.4, -0.2) is 10.8 Å². The molecular weight excluding hydrogens is 325 g/mol. The monoisotopic (exact) mass is 336 g/mol. The molecule has 0 fully saturated rings. The minimum absolute atomic E-state index is 0.186. The van der Waals surface area contributed by atoms with E-state index in [2.05, 4.69) is 5.32 Å². The van der Waals surface area contributed by atoms with Gasteiger partial charge in [0, 0.05) is 23.9 Å². The Balaban J connectivity index is 2.08. The first-order valence-electron chi connectivity index (χ1n) is 6.66. The van der Waals surface area contributed by atoms with Crippen LogP contribution in [0.2, 0.25) is 0 Å². The quantitative estimate of drug-likeness (QED) is 0.515. The zero-order valence-electron chi connectivity index (χ0n) is 12.1. The van der Waals surface area contributed by atoms with Crippen molar-refractivity contribution in [2.45, 2.75) is 6.18 Å². The minimum Gasteiger partial charge on any atom is -0.322 e. The third-order valence-corrected chi connectivity index (χ3v) is 2.97. The average Bonchev–Trinajstić information content (AvgIpc) is 2.52. The van der Waals surface area contributed by atoms with Crippen LogP contribution in [0.25, 0.3) is 6.08 Å². The summed E-state index contributed by atoms with van der Waals surface area (Å²) in [6.45, 7) is 0. The first kappa shape index (κ1) is 17.2. The van der Waals surface area contributed by atoms with E-state index in [1.807, 2.05) is 0 Å². The Kier molecular flexibility index (Phi) is 4.98. The van der Waals surface area contributed by atoms with Crippen molar-refractivity contribution in [2.24, 2.45) is 0 Å². The summed E-state index contributed by atoms with van der Waals surface area (Å²) < 4.78 is 37.8. The maximum atomic E-state index is 12.6. The Bertz CT molecular complexity index is 801. The van der Waals surface area contributed by atoms with Gasteiger partial charge in [0.05, 0.1) is 10.5 Å². The standard InChI is InChI=1S/C16H11F3N2O3/c17-16(18,19)12-4-1-3-11(9-12)7-8-15(22)20-13-5-2-6-14(10-13)21(23)24/h1-10H,(H,20,22)/b8-7+. The average molecular weight is 336 g/mol. The topological polar surface area (TPSA) is 72.2 Å². The fraction of sp³-hybridized carbons (Fsp3) is 0.0625. The number of nitro groups is 1. The molecule has 0 atom stereocenters. The molecule has 0 aliphatic carbocycles. The number of halogens is 3. The van der Waals surface area contributed by atoms with Gasteiger partial charge in [0.1, 0.15) is 0 Å². The van der Waals surface area contributed by atoms with Gasteiger partial charge < -0.3 is 5.32 Å². The number of benzene rings is 2. The first-order chi connectivity index (χ1) is 11.3. The second kappa shape index (κ2) is 6.95. The van der Waals surface area contributed by atoms with Gasteiger partial charge in [0.25, 0.3) is 5.69 Å². The van der Waals surface area contributed by atoms with Crippen LogP contribution in [0.1, 0.15) is 11.1 Å². The Morgan fingerprint density at radius 3 is 2.50 bits per heavy atom. The van der Waals surface area contributed by atoms with Crippen LogP contribution in [-0.2, 0) is 11.0 Å². The molecule has 1 N–H and O–H groups in total. The number of anilines is 1. The van der Waals surface area contributed by atoms with E-state index in [1.165, 1.54) is 42.5 Å². The predicted octanol–water partition coefficient (Wildman–Crippen LogP) is 4.27.